The fourth-order valence-electron chi connectivity index (χ4n) is 2.27. The van der Waals surface area contributed by atoms with Crippen molar-refractivity contribution < 1.29 is 4.79 Å². The van der Waals surface area contributed by atoms with Gasteiger partial charge in [-0.1, -0.05) is 20.3 Å². The first kappa shape index (κ1) is 15.8. The summed E-state index contributed by atoms with van der Waals surface area (Å²) in [5.41, 5.74) is 0. The van der Waals surface area contributed by atoms with Crippen LogP contribution in [0.3, 0.4) is 0 Å². The summed E-state index contributed by atoms with van der Waals surface area (Å²) >= 11 is 1.94. The minimum Gasteiger partial charge on any atom is -0.352 e. The highest BCUT2D eigenvalue weighted by Crippen LogP contribution is 2.42. The Balaban J connectivity index is 2.31. The Kier molecular flexibility index (Phi) is 6.50. The van der Waals surface area contributed by atoms with Gasteiger partial charge in [-0.25, -0.2) is 0 Å². The van der Waals surface area contributed by atoms with Gasteiger partial charge in [0.1, 0.15) is 0 Å². The van der Waals surface area contributed by atoms with E-state index < -0.39 is 0 Å². The topological polar surface area (TPSA) is 41.1 Å². The molecule has 1 aliphatic carbocycles. The van der Waals surface area contributed by atoms with Gasteiger partial charge in [0.25, 0.3) is 0 Å². The average Bonchev–Trinajstić information content (AvgIpc) is 2.34. The second kappa shape index (κ2) is 7.39. The molecule has 0 heterocycles. The molecule has 1 fully saturated rings. The summed E-state index contributed by atoms with van der Waals surface area (Å²) in [6.07, 6.45) is 8.07. The first-order chi connectivity index (χ1) is 8.56. The Morgan fingerprint density at radius 1 is 1.33 bits per heavy atom. The van der Waals surface area contributed by atoms with Gasteiger partial charge in [-0.3, -0.25) is 4.79 Å². The van der Waals surface area contributed by atoms with Crippen molar-refractivity contribution in [2.75, 3.05) is 12.8 Å². The summed E-state index contributed by atoms with van der Waals surface area (Å²) < 4.78 is 0.392. The van der Waals surface area contributed by atoms with E-state index in [1.54, 1.807) is 0 Å². The van der Waals surface area contributed by atoms with E-state index in [0.717, 1.165) is 19.4 Å². The van der Waals surface area contributed by atoms with Crippen molar-refractivity contribution in [3.63, 3.8) is 0 Å². The lowest BCUT2D eigenvalue weighted by atomic mass is 9.84. The molecule has 18 heavy (non-hydrogen) atoms. The maximum Gasteiger partial charge on any atom is 0.237 e. The molecule has 0 saturated heterocycles. The third-order valence-electron chi connectivity index (χ3n) is 4.15. The van der Waals surface area contributed by atoms with Crippen molar-refractivity contribution >= 4 is 17.7 Å². The number of rotatable bonds is 8. The molecule has 0 bridgehead atoms. The van der Waals surface area contributed by atoms with Crippen LogP contribution in [0.1, 0.15) is 52.9 Å². The Labute approximate surface area is 116 Å². The van der Waals surface area contributed by atoms with Crippen molar-refractivity contribution in [2.45, 2.75) is 69.7 Å². The van der Waals surface area contributed by atoms with Crippen molar-refractivity contribution in [3.05, 3.63) is 0 Å². The summed E-state index contributed by atoms with van der Waals surface area (Å²) in [7, 11) is 0. The third-order valence-corrected chi connectivity index (χ3v) is 5.57. The minimum absolute atomic E-state index is 0.0878. The van der Waals surface area contributed by atoms with E-state index in [9.17, 15) is 4.79 Å². The zero-order valence-corrected chi connectivity index (χ0v) is 13.0. The van der Waals surface area contributed by atoms with Gasteiger partial charge in [0, 0.05) is 17.3 Å². The zero-order valence-electron chi connectivity index (χ0n) is 12.2. The molecule has 0 aromatic rings. The molecule has 0 aromatic heterocycles. The SMILES string of the molecule is CCC(CC)NC(=O)C(C)NCC1(SC)CCC1. The Morgan fingerprint density at radius 2 is 1.94 bits per heavy atom. The predicted octanol–water partition coefficient (Wildman–Crippen LogP) is 2.55. The van der Waals surface area contributed by atoms with Crippen molar-refractivity contribution in [3.8, 4) is 0 Å². The second-order valence-corrected chi connectivity index (χ2v) is 6.64. The van der Waals surface area contributed by atoms with Crippen LogP contribution in [0.15, 0.2) is 0 Å². The molecule has 1 rings (SSSR count). The lowest BCUT2D eigenvalue weighted by Crippen LogP contribution is -2.51. The summed E-state index contributed by atoms with van der Waals surface area (Å²) in [5.74, 6) is 0.138. The number of amides is 1. The Morgan fingerprint density at radius 3 is 2.33 bits per heavy atom. The van der Waals surface area contributed by atoms with E-state index in [-0.39, 0.29) is 11.9 Å². The number of nitrogens with one attached hydrogen (secondary N) is 2. The van der Waals surface area contributed by atoms with Crippen LogP contribution in [0.2, 0.25) is 0 Å². The molecule has 106 valence electrons. The van der Waals surface area contributed by atoms with E-state index in [4.69, 9.17) is 0 Å². The van der Waals surface area contributed by atoms with Gasteiger partial charge in [-0.05, 0) is 38.9 Å². The van der Waals surface area contributed by atoms with E-state index in [2.05, 4.69) is 30.7 Å². The van der Waals surface area contributed by atoms with Crippen LogP contribution < -0.4 is 10.6 Å². The molecule has 0 radical (unpaired) electrons. The molecule has 2 N–H and O–H groups in total. The molecule has 3 nitrogen and oxygen atoms in total. The summed E-state index contributed by atoms with van der Waals surface area (Å²) in [5, 5.41) is 6.49. The monoisotopic (exact) mass is 272 g/mol. The van der Waals surface area contributed by atoms with Gasteiger partial charge >= 0.3 is 0 Å². The normalized spacial score (nSPS) is 19.4. The van der Waals surface area contributed by atoms with Gasteiger partial charge in [-0.15, -0.1) is 0 Å². The van der Waals surface area contributed by atoms with E-state index >= 15 is 0 Å². The number of hydrogen-bond acceptors (Lipinski definition) is 3. The molecule has 1 aliphatic rings. The molecule has 1 amide bonds. The molecule has 0 aliphatic heterocycles. The van der Waals surface area contributed by atoms with Gasteiger partial charge in [0.15, 0.2) is 0 Å². The molecule has 1 unspecified atom stereocenters. The number of carbonyl (C=O) groups is 1. The standard InChI is InChI=1S/C14H28N2OS/c1-5-12(6-2)16-13(17)11(3)15-10-14(18-4)8-7-9-14/h11-12,15H,5-10H2,1-4H3,(H,16,17). The molecule has 0 aromatic carbocycles. The van der Waals surface area contributed by atoms with E-state index in [0.29, 0.717) is 10.8 Å². The molecular formula is C14H28N2OS. The predicted molar refractivity (Wildman–Crippen MR) is 80.1 cm³/mol. The Bertz CT molecular complexity index is 257. The smallest absolute Gasteiger partial charge is 0.237 e. The quantitative estimate of drug-likeness (QED) is 0.713. The van der Waals surface area contributed by atoms with Gasteiger partial charge in [0.05, 0.1) is 6.04 Å². The van der Waals surface area contributed by atoms with Crippen LogP contribution in [-0.4, -0.2) is 35.5 Å². The fourth-order valence-corrected chi connectivity index (χ4v) is 3.20. The first-order valence-corrected chi connectivity index (χ1v) is 8.38. The van der Waals surface area contributed by atoms with Crippen LogP contribution in [-0.2, 0) is 4.79 Å². The molecule has 1 saturated carbocycles. The highest BCUT2D eigenvalue weighted by molar-refractivity contribution is 8.00. The summed E-state index contributed by atoms with van der Waals surface area (Å²) in [4.78, 5) is 12.0. The summed E-state index contributed by atoms with van der Waals surface area (Å²) in [6, 6.07) is 0.232. The number of hydrogen-bond donors (Lipinski definition) is 2. The largest absolute Gasteiger partial charge is 0.352 e. The maximum absolute atomic E-state index is 12.0. The number of carbonyl (C=O) groups excluding carboxylic acids is 1. The average molecular weight is 272 g/mol. The molecule has 4 heteroatoms. The number of thioether (sulfide) groups is 1. The van der Waals surface area contributed by atoms with E-state index in [1.165, 1.54) is 19.3 Å². The third kappa shape index (κ3) is 4.16. The van der Waals surface area contributed by atoms with Crippen LogP contribution in [0, 0.1) is 0 Å². The van der Waals surface area contributed by atoms with Crippen LogP contribution in [0.4, 0.5) is 0 Å². The molecule has 1 atom stereocenters. The maximum atomic E-state index is 12.0. The molecular weight excluding hydrogens is 244 g/mol. The van der Waals surface area contributed by atoms with Gasteiger partial charge in [-0.2, -0.15) is 11.8 Å². The van der Waals surface area contributed by atoms with Crippen molar-refractivity contribution in [1.82, 2.24) is 10.6 Å². The van der Waals surface area contributed by atoms with E-state index in [1.807, 2.05) is 18.7 Å². The highest BCUT2D eigenvalue weighted by Gasteiger charge is 2.36. The minimum atomic E-state index is -0.0878. The second-order valence-electron chi connectivity index (χ2n) is 5.37. The van der Waals surface area contributed by atoms with Gasteiger partial charge < -0.3 is 10.6 Å². The first-order valence-electron chi connectivity index (χ1n) is 7.15. The van der Waals surface area contributed by atoms with Gasteiger partial charge in [0.2, 0.25) is 5.91 Å². The fraction of sp³-hybridized carbons (Fsp3) is 0.929. The Hall–Kier alpha value is -0.220. The molecule has 0 spiro atoms. The van der Waals surface area contributed by atoms with Crippen LogP contribution in [0.5, 0.6) is 0 Å². The summed E-state index contributed by atoms with van der Waals surface area (Å²) in [6.45, 7) is 7.14. The lowest BCUT2D eigenvalue weighted by molar-refractivity contribution is -0.123. The van der Waals surface area contributed by atoms with Crippen LogP contribution in [0.25, 0.3) is 0 Å². The van der Waals surface area contributed by atoms with Crippen LogP contribution >= 0.6 is 11.8 Å². The van der Waals surface area contributed by atoms with Crippen molar-refractivity contribution in [2.24, 2.45) is 0 Å². The highest BCUT2D eigenvalue weighted by atomic mass is 32.2. The lowest BCUT2D eigenvalue weighted by Gasteiger charge is -2.41. The van der Waals surface area contributed by atoms with Crippen molar-refractivity contribution in [1.29, 1.82) is 0 Å². The zero-order chi connectivity index (χ0) is 13.6.